The van der Waals surface area contributed by atoms with Crippen LogP contribution in [0.25, 0.3) is 0 Å². The molecule has 2 atom stereocenters. The Kier molecular flexibility index (Phi) is 2.61. The van der Waals surface area contributed by atoms with Gasteiger partial charge in [-0.05, 0) is 5.56 Å². The highest BCUT2D eigenvalue weighted by molar-refractivity contribution is 5.80. The number of halogens is 3. The lowest BCUT2D eigenvalue weighted by Gasteiger charge is -2.12. The Bertz CT molecular complexity index is 386. The zero-order valence-electron chi connectivity index (χ0n) is 8.20. The number of benzene rings is 1. The molecule has 2 nitrogen and oxygen atoms in total. The molecule has 0 saturated carbocycles. The Morgan fingerprint density at radius 3 is 2.31 bits per heavy atom. The van der Waals surface area contributed by atoms with Crippen molar-refractivity contribution in [3.05, 3.63) is 35.9 Å². The Balaban J connectivity index is 2.18. The summed E-state index contributed by atoms with van der Waals surface area (Å²) >= 11 is 0. The van der Waals surface area contributed by atoms with Crippen LogP contribution in [0, 0.1) is 0 Å². The van der Waals surface area contributed by atoms with Gasteiger partial charge in [0.1, 0.15) is 0 Å². The largest absolute Gasteiger partial charge is 0.452 e. The molecule has 86 valence electrons. The van der Waals surface area contributed by atoms with Crippen LogP contribution in [-0.4, -0.2) is 18.2 Å². The molecule has 0 N–H and O–H groups in total. The molecule has 0 bridgehead atoms. The summed E-state index contributed by atoms with van der Waals surface area (Å²) < 4.78 is 41.4. The van der Waals surface area contributed by atoms with Crippen LogP contribution in [0.4, 0.5) is 13.2 Å². The van der Waals surface area contributed by atoms with Crippen LogP contribution in [0.3, 0.4) is 0 Å². The number of alkyl halides is 3. The minimum atomic E-state index is -4.47. The minimum Gasteiger partial charge on any atom is -0.452 e. The molecular formula is C11H9F3O2. The molecule has 5 heteroatoms. The van der Waals surface area contributed by atoms with Gasteiger partial charge in [-0.2, -0.15) is 13.2 Å². The van der Waals surface area contributed by atoms with Crippen LogP contribution in [0.1, 0.15) is 17.9 Å². The highest BCUT2D eigenvalue weighted by atomic mass is 19.4. The Hall–Kier alpha value is -1.52. The lowest BCUT2D eigenvalue weighted by atomic mass is 9.96. The second-order valence-electron chi connectivity index (χ2n) is 3.67. The second-order valence-corrected chi connectivity index (χ2v) is 3.67. The Labute approximate surface area is 90.0 Å². The fourth-order valence-corrected chi connectivity index (χ4v) is 1.74. The normalized spacial score (nSPS) is 25.6. The van der Waals surface area contributed by atoms with E-state index < -0.39 is 24.2 Å². The predicted octanol–water partition coefficient (Wildman–Crippen LogP) is 2.65. The maximum absolute atomic E-state index is 12.3. The number of carbonyl (C=O) groups is 1. The van der Waals surface area contributed by atoms with E-state index in [9.17, 15) is 18.0 Å². The van der Waals surface area contributed by atoms with Crippen LogP contribution in [0.5, 0.6) is 0 Å². The number of cyclic esters (lactones) is 1. The first-order valence-corrected chi connectivity index (χ1v) is 4.80. The van der Waals surface area contributed by atoms with Gasteiger partial charge in [-0.15, -0.1) is 0 Å². The summed E-state index contributed by atoms with van der Waals surface area (Å²) in [5, 5.41) is 0. The molecule has 1 aliphatic rings. The molecule has 1 aliphatic heterocycles. The van der Waals surface area contributed by atoms with Gasteiger partial charge in [-0.25, -0.2) is 0 Å². The van der Waals surface area contributed by atoms with Crippen molar-refractivity contribution in [1.82, 2.24) is 0 Å². The van der Waals surface area contributed by atoms with E-state index in [-0.39, 0.29) is 6.42 Å². The standard InChI is InChI=1S/C11H9F3O2/c12-11(13,14)9-6-8(10(15)16-9)7-4-2-1-3-5-7/h1-5,8-9H,6H2/t8?,9-/m0/s1. The fraction of sp³-hybridized carbons (Fsp3) is 0.364. The van der Waals surface area contributed by atoms with Crippen LogP contribution >= 0.6 is 0 Å². The van der Waals surface area contributed by atoms with Crippen molar-refractivity contribution in [1.29, 1.82) is 0 Å². The van der Waals surface area contributed by atoms with Gasteiger partial charge in [-0.3, -0.25) is 4.79 Å². The topological polar surface area (TPSA) is 26.3 Å². The molecule has 0 spiro atoms. The van der Waals surface area contributed by atoms with Crippen LogP contribution in [0.15, 0.2) is 30.3 Å². The molecule has 1 aromatic carbocycles. The maximum Gasteiger partial charge on any atom is 0.425 e. The van der Waals surface area contributed by atoms with Gasteiger partial charge < -0.3 is 4.74 Å². The molecule has 16 heavy (non-hydrogen) atoms. The zero-order valence-corrected chi connectivity index (χ0v) is 8.20. The number of hydrogen-bond acceptors (Lipinski definition) is 2. The third kappa shape index (κ3) is 2.03. The SMILES string of the molecule is O=C1O[C@H](C(F)(F)F)CC1c1ccccc1. The third-order valence-electron chi connectivity index (χ3n) is 2.56. The molecule has 1 fully saturated rings. The Morgan fingerprint density at radius 1 is 1.19 bits per heavy atom. The fourth-order valence-electron chi connectivity index (χ4n) is 1.74. The van der Waals surface area contributed by atoms with Crippen molar-refractivity contribution in [2.24, 2.45) is 0 Å². The van der Waals surface area contributed by atoms with Gasteiger partial charge in [0, 0.05) is 6.42 Å². The van der Waals surface area contributed by atoms with E-state index in [1.165, 1.54) is 0 Å². The lowest BCUT2D eigenvalue weighted by Crippen LogP contribution is -2.28. The number of hydrogen-bond donors (Lipinski definition) is 0. The molecule has 0 aliphatic carbocycles. The van der Waals surface area contributed by atoms with Gasteiger partial charge in [0.2, 0.25) is 0 Å². The summed E-state index contributed by atoms with van der Waals surface area (Å²) in [6.45, 7) is 0. The molecular weight excluding hydrogens is 221 g/mol. The second kappa shape index (κ2) is 3.81. The quantitative estimate of drug-likeness (QED) is 0.693. The molecule has 0 amide bonds. The highest BCUT2D eigenvalue weighted by Crippen LogP contribution is 2.38. The first kappa shape index (κ1) is 11.0. The number of ether oxygens (including phenoxy) is 1. The van der Waals surface area contributed by atoms with Crippen LogP contribution in [-0.2, 0) is 9.53 Å². The third-order valence-corrected chi connectivity index (χ3v) is 2.56. The summed E-state index contributed by atoms with van der Waals surface area (Å²) in [7, 11) is 0. The maximum atomic E-state index is 12.3. The van der Waals surface area contributed by atoms with Gasteiger partial charge in [0.15, 0.2) is 6.10 Å². The first-order chi connectivity index (χ1) is 7.48. The van der Waals surface area contributed by atoms with Gasteiger partial charge >= 0.3 is 12.1 Å². The van der Waals surface area contributed by atoms with Gasteiger partial charge in [0.05, 0.1) is 5.92 Å². The van der Waals surface area contributed by atoms with E-state index in [1.807, 2.05) is 0 Å². The van der Waals surface area contributed by atoms with Crippen molar-refractivity contribution in [3.8, 4) is 0 Å². The van der Waals surface area contributed by atoms with E-state index in [0.717, 1.165) is 0 Å². The Morgan fingerprint density at radius 2 is 1.81 bits per heavy atom. The average Bonchev–Trinajstić information content (AvgIpc) is 2.61. The van der Waals surface area contributed by atoms with Gasteiger partial charge in [-0.1, -0.05) is 30.3 Å². The number of esters is 1. The molecule has 1 saturated heterocycles. The first-order valence-electron chi connectivity index (χ1n) is 4.80. The summed E-state index contributed by atoms with van der Waals surface area (Å²) in [4.78, 5) is 11.3. The van der Waals surface area contributed by atoms with Crippen molar-refractivity contribution in [2.75, 3.05) is 0 Å². The van der Waals surface area contributed by atoms with E-state index >= 15 is 0 Å². The molecule has 1 aromatic rings. The summed E-state index contributed by atoms with van der Waals surface area (Å²) in [5.74, 6) is -1.60. The average molecular weight is 230 g/mol. The van der Waals surface area contributed by atoms with E-state index in [0.29, 0.717) is 5.56 Å². The van der Waals surface area contributed by atoms with Crippen molar-refractivity contribution < 1.29 is 22.7 Å². The predicted molar refractivity (Wildman–Crippen MR) is 49.7 cm³/mol. The van der Waals surface area contributed by atoms with Crippen molar-refractivity contribution in [3.63, 3.8) is 0 Å². The zero-order chi connectivity index (χ0) is 11.8. The lowest BCUT2D eigenvalue weighted by molar-refractivity contribution is -0.209. The smallest absolute Gasteiger partial charge is 0.425 e. The number of rotatable bonds is 1. The monoisotopic (exact) mass is 230 g/mol. The summed E-state index contributed by atoms with van der Waals surface area (Å²) in [6.07, 6.45) is -6.77. The van der Waals surface area contributed by atoms with Crippen molar-refractivity contribution in [2.45, 2.75) is 24.6 Å². The molecule has 0 radical (unpaired) electrons. The van der Waals surface area contributed by atoms with E-state index in [1.54, 1.807) is 30.3 Å². The number of carbonyl (C=O) groups excluding carboxylic acids is 1. The molecule has 1 heterocycles. The minimum absolute atomic E-state index is 0.327. The molecule has 0 aromatic heterocycles. The van der Waals surface area contributed by atoms with Crippen LogP contribution in [0.2, 0.25) is 0 Å². The van der Waals surface area contributed by atoms with E-state index in [2.05, 4.69) is 4.74 Å². The van der Waals surface area contributed by atoms with Crippen LogP contribution < -0.4 is 0 Å². The molecule has 2 rings (SSSR count). The summed E-state index contributed by atoms with van der Waals surface area (Å²) in [6, 6.07) is 8.37. The van der Waals surface area contributed by atoms with Crippen molar-refractivity contribution >= 4 is 5.97 Å². The summed E-state index contributed by atoms with van der Waals surface area (Å²) in [5.41, 5.74) is 0.569. The van der Waals surface area contributed by atoms with E-state index in [4.69, 9.17) is 0 Å². The highest BCUT2D eigenvalue weighted by Gasteiger charge is 2.50. The van der Waals surface area contributed by atoms with Gasteiger partial charge in [0.25, 0.3) is 0 Å². The molecule has 1 unspecified atom stereocenters.